The van der Waals surface area contributed by atoms with Gasteiger partial charge in [0.25, 0.3) is 5.91 Å². The zero-order chi connectivity index (χ0) is 20.0. The van der Waals surface area contributed by atoms with E-state index in [0.717, 1.165) is 5.56 Å². The molecule has 0 bridgehead atoms. The number of imide groups is 1. The summed E-state index contributed by atoms with van der Waals surface area (Å²) in [5, 5.41) is 4.71. The minimum atomic E-state index is -0.658. The molecule has 0 saturated heterocycles. The lowest BCUT2D eigenvalue weighted by Gasteiger charge is -2.20. The molecule has 6 heteroatoms. The number of esters is 1. The number of hydrogen-bond acceptors (Lipinski definition) is 4. The Hall–Kier alpha value is -2.37. The van der Waals surface area contributed by atoms with E-state index in [4.69, 9.17) is 4.74 Å². The highest BCUT2D eigenvalue weighted by atomic mass is 16.5. The molecule has 0 aliphatic rings. The average molecular weight is 362 g/mol. The Morgan fingerprint density at radius 2 is 1.54 bits per heavy atom. The summed E-state index contributed by atoms with van der Waals surface area (Å²) in [4.78, 5) is 34.9. The van der Waals surface area contributed by atoms with E-state index in [1.807, 2.05) is 12.1 Å². The second-order valence-electron chi connectivity index (χ2n) is 8.36. The Balaban J connectivity index is 2.34. The van der Waals surface area contributed by atoms with Crippen LogP contribution in [0.3, 0.4) is 0 Å². The van der Waals surface area contributed by atoms with Crippen LogP contribution in [0.5, 0.6) is 0 Å². The molecule has 0 atom stereocenters. The number of ether oxygens (including phenoxy) is 1. The van der Waals surface area contributed by atoms with Gasteiger partial charge >= 0.3 is 12.0 Å². The number of rotatable bonds is 5. The molecule has 0 aliphatic carbocycles. The summed E-state index contributed by atoms with van der Waals surface area (Å²) in [5.41, 5.74) is 1.89. The van der Waals surface area contributed by atoms with Gasteiger partial charge in [0.15, 0.2) is 6.61 Å². The number of amides is 3. The van der Waals surface area contributed by atoms with Crippen LogP contribution in [0.25, 0.3) is 0 Å². The molecule has 0 heterocycles. The number of urea groups is 1. The third kappa shape index (κ3) is 8.65. The number of hydrogen-bond donors (Lipinski definition) is 2. The first-order valence-corrected chi connectivity index (χ1v) is 8.74. The third-order valence-electron chi connectivity index (χ3n) is 3.54. The molecule has 0 radical (unpaired) electrons. The second-order valence-corrected chi connectivity index (χ2v) is 8.36. The van der Waals surface area contributed by atoms with Gasteiger partial charge in [0, 0.05) is 12.0 Å². The quantitative estimate of drug-likeness (QED) is 0.789. The van der Waals surface area contributed by atoms with Gasteiger partial charge in [-0.2, -0.15) is 0 Å². The maximum Gasteiger partial charge on any atom is 0.321 e. The van der Waals surface area contributed by atoms with Gasteiger partial charge in [-0.1, -0.05) is 45.0 Å². The molecule has 0 saturated carbocycles. The molecule has 1 aromatic rings. The van der Waals surface area contributed by atoms with Crippen molar-refractivity contribution in [2.45, 2.75) is 65.3 Å². The van der Waals surface area contributed by atoms with Crippen molar-refractivity contribution in [2.75, 3.05) is 6.61 Å². The molecule has 1 rings (SSSR count). The molecular formula is C20H30N2O4. The van der Waals surface area contributed by atoms with Gasteiger partial charge in [0.05, 0.1) is 0 Å². The van der Waals surface area contributed by atoms with Crippen molar-refractivity contribution >= 4 is 17.9 Å². The zero-order valence-electron chi connectivity index (χ0n) is 16.6. The van der Waals surface area contributed by atoms with E-state index < -0.39 is 30.1 Å². The van der Waals surface area contributed by atoms with Crippen LogP contribution < -0.4 is 10.6 Å². The number of nitrogens with one attached hydrogen (secondary N) is 2. The fraction of sp³-hybridized carbons (Fsp3) is 0.550. The van der Waals surface area contributed by atoms with Crippen LogP contribution in [-0.2, 0) is 26.2 Å². The summed E-state index contributed by atoms with van der Waals surface area (Å²) in [6, 6.07) is 7.50. The highest BCUT2D eigenvalue weighted by molar-refractivity contribution is 5.95. The van der Waals surface area contributed by atoms with Crippen molar-refractivity contribution in [3.63, 3.8) is 0 Å². The molecule has 0 spiro atoms. The predicted octanol–water partition coefficient (Wildman–Crippen LogP) is 3.08. The Morgan fingerprint density at radius 1 is 0.962 bits per heavy atom. The fourth-order valence-electron chi connectivity index (χ4n) is 2.17. The average Bonchev–Trinajstić information content (AvgIpc) is 2.48. The van der Waals surface area contributed by atoms with Crippen LogP contribution in [0.2, 0.25) is 0 Å². The summed E-state index contributed by atoms with van der Waals surface area (Å²) in [6.07, 6.45) is 0.714. The Morgan fingerprint density at radius 3 is 2.04 bits per heavy atom. The number of benzene rings is 1. The maximum atomic E-state index is 11.8. The van der Waals surface area contributed by atoms with Crippen LogP contribution in [0.15, 0.2) is 24.3 Å². The SMILES string of the molecule is CC(C)(C)NC(=O)NC(=O)COC(=O)CCc1ccc(C(C)(C)C)cc1. The van der Waals surface area contributed by atoms with Crippen LogP contribution in [0.4, 0.5) is 4.79 Å². The minimum Gasteiger partial charge on any atom is -0.456 e. The van der Waals surface area contributed by atoms with E-state index in [0.29, 0.717) is 6.42 Å². The second kappa shape index (κ2) is 8.83. The van der Waals surface area contributed by atoms with Gasteiger partial charge in [-0.15, -0.1) is 0 Å². The molecule has 1 aromatic carbocycles. The molecule has 26 heavy (non-hydrogen) atoms. The van der Waals surface area contributed by atoms with Gasteiger partial charge in [-0.05, 0) is 43.7 Å². The lowest BCUT2D eigenvalue weighted by molar-refractivity contribution is -0.148. The molecule has 6 nitrogen and oxygen atoms in total. The van der Waals surface area contributed by atoms with Crippen molar-refractivity contribution in [1.29, 1.82) is 0 Å². The topological polar surface area (TPSA) is 84.5 Å². The van der Waals surface area contributed by atoms with E-state index in [1.54, 1.807) is 20.8 Å². The largest absolute Gasteiger partial charge is 0.456 e. The number of carbonyl (C=O) groups is 3. The van der Waals surface area contributed by atoms with Crippen molar-refractivity contribution in [3.8, 4) is 0 Å². The smallest absolute Gasteiger partial charge is 0.321 e. The van der Waals surface area contributed by atoms with Crippen molar-refractivity contribution in [3.05, 3.63) is 35.4 Å². The zero-order valence-corrected chi connectivity index (χ0v) is 16.6. The van der Waals surface area contributed by atoms with Crippen LogP contribution in [0, 0.1) is 0 Å². The van der Waals surface area contributed by atoms with Crippen molar-refractivity contribution in [1.82, 2.24) is 10.6 Å². The van der Waals surface area contributed by atoms with Crippen LogP contribution in [0.1, 0.15) is 59.1 Å². The lowest BCUT2D eigenvalue weighted by atomic mass is 9.86. The van der Waals surface area contributed by atoms with Gasteiger partial charge in [0.2, 0.25) is 0 Å². The third-order valence-corrected chi connectivity index (χ3v) is 3.54. The molecule has 0 unspecified atom stereocenters. The van der Waals surface area contributed by atoms with Crippen LogP contribution in [-0.4, -0.2) is 30.1 Å². The Kier molecular flexibility index (Phi) is 7.36. The summed E-state index contributed by atoms with van der Waals surface area (Å²) in [7, 11) is 0. The molecule has 3 amide bonds. The first-order valence-electron chi connectivity index (χ1n) is 8.74. The van der Waals surface area contributed by atoms with Crippen molar-refractivity contribution in [2.24, 2.45) is 0 Å². The van der Waals surface area contributed by atoms with E-state index in [-0.39, 0.29) is 11.8 Å². The Bertz CT molecular complexity index is 637. The highest BCUT2D eigenvalue weighted by Crippen LogP contribution is 2.22. The van der Waals surface area contributed by atoms with Gasteiger partial charge < -0.3 is 10.1 Å². The van der Waals surface area contributed by atoms with Gasteiger partial charge in [0.1, 0.15) is 0 Å². The molecule has 0 aliphatic heterocycles. The predicted molar refractivity (Wildman–Crippen MR) is 101 cm³/mol. The molecule has 0 aromatic heterocycles. The molecule has 144 valence electrons. The Labute approximate surface area is 155 Å². The normalized spacial score (nSPS) is 11.6. The van der Waals surface area contributed by atoms with Crippen molar-refractivity contribution < 1.29 is 19.1 Å². The molecule has 0 fully saturated rings. The summed E-state index contributed by atoms with van der Waals surface area (Å²) < 4.78 is 4.90. The van der Waals surface area contributed by atoms with E-state index in [1.165, 1.54) is 5.56 Å². The van der Waals surface area contributed by atoms with E-state index in [2.05, 4.69) is 43.5 Å². The minimum absolute atomic E-state index is 0.0874. The monoisotopic (exact) mass is 362 g/mol. The summed E-state index contributed by atoms with van der Waals surface area (Å²) >= 11 is 0. The number of carbonyl (C=O) groups excluding carboxylic acids is 3. The highest BCUT2D eigenvalue weighted by Gasteiger charge is 2.17. The molecule has 2 N–H and O–H groups in total. The first kappa shape index (κ1) is 21.7. The van der Waals surface area contributed by atoms with Gasteiger partial charge in [-0.3, -0.25) is 14.9 Å². The van der Waals surface area contributed by atoms with Crippen LogP contribution >= 0.6 is 0 Å². The van der Waals surface area contributed by atoms with E-state index in [9.17, 15) is 14.4 Å². The number of aryl methyl sites for hydroxylation is 1. The standard InChI is InChI=1S/C20H30N2O4/c1-19(2,3)15-10-7-14(8-11-15)9-12-17(24)26-13-16(23)21-18(25)22-20(4,5)6/h7-8,10-11H,9,12-13H2,1-6H3,(H2,21,22,23,25). The fourth-order valence-corrected chi connectivity index (χ4v) is 2.17. The first-order chi connectivity index (χ1) is 11.9. The van der Waals surface area contributed by atoms with E-state index >= 15 is 0 Å². The van der Waals surface area contributed by atoms with Gasteiger partial charge in [-0.25, -0.2) is 4.79 Å². The lowest BCUT2D eigenvalue weighted by Crippen LogP contribution is -2.49. The maximum absolute atomic E-state index is 11.8. The summed E-state index contributed by atoms with van der Waals surface area (Å²) in [6.45, 7) is 11.4. The summed E-state index contributed by atoms with van der Waals surface area (Å²) in [5.74, 6) is -1.13. The molecular weight excluding hydrogens is 332 g/mol.